The Labute approximate surface area is 179 Å². The van der Waals surface area contributed by atoms with E-state index in [1.54, 1.807) is 4.90 Å². The summed E-state index contributed by atoms with van der Waals surface area (Å²) < 4.78 is 5.68. The molecule has 0 radical (unpaired) electrons. The maximum Gasteiger partial charge on any atom is 0.246 e. The van der Waals surface area contributed by atoms with E-state index in [0.29, 0.717) is 44.7 Å². The highest BCUT2D eigenvalue weighted by atomic mass is 16.5. The molecule has 0 aromatic carbocycles. The van der Waals surface area contributed by atoms with Gasteiger partial charge in [0.1, 0.15) is 23.7 Å². The predicted octanol–water partition coefficient (Wildman–Crippen LogP) is 1.63. The van der Waals surface area contributed by atoms with E-state index in [2.05, 4.69) is 15.6 Å². The molecule has 0 saturated carbocycles. The molecule has 0 spiro atoms. The van der Waals surface area contributed by atoms with Crippen LogP contribution in [0.5, 0.6) is 0 Å². The molecule has 3 aliphatic heterocycles. The first-order valence-electron chi connectivity index (χ1n) is 11.3. The molecule has 0 aromatic rings. The molecular formula is C22H36N4O4. The average Bonchev–Trinajstić information content (AvgIpc) is 3.12. The van der Waals surface area contributed by atoms with Crippen LogP contribution >= 0.6 is 0 Å². The Morgan fingerprint density at radius 1 is 1.13 bits per heavy atom. The van der Waals surface area contributed by atoms with Crippen LogP contribution in [0.3, 0.4) is 0 Å². The minimum atomic E-state index is -0.777. The molecular weight excluding hydrogens is 384 g/mol. The van der Waals surface area contributed by atoms with Crippen molar-refractivity contribution in [1.82, 2.24) is 15.5 Å². The molecule has 168 valence electrons. The Kier molecular flexibility index (Phi) is 6.72. The van der Waals surface area contributed by atoms with Crippen LogP contribution in [0.15, 0.2) is 4.99 Å². The van der Waals surface area contributed by atoms with Crippen LogP contribution in [-0.4, -0.2) is 65.3 Å². The Hall–Kier alpha value is -2.12. The van der Waals surface area contributed by atoms with Crippen LogP contribution < -0.4 is 10.6 Å². The fourth-order valence-electron chi connectivity index (χ4n) is 4.88. The summed E-state index contributed by atoms with van der Waals surface area (Å²) in [6, 6.07) is -1.16. The van der Waals surface area contributed by atoms with Gasteiger partial charge in [-0.15, -0.1) is 0 Å². The molecule has 30 heavy (non-hydrogen) atoms. The van der Waals surface area contributed by atoms with Gasteiger partial charge in [0, 0.05) is 6.54 Å². The van der Waals surface area contributed by atoms with Gasteiger partial charge in [-0.2, -0.15) is 0 Å². The number of piperazine rings is 1. The highest BCUT2D eigenvalue weighted by Crippen LogP contribution is 2.38. The van der Waals surface area contributed by atoms with E-state index < -0.39 is 17.6 Å². The van der Waals surface area contributed by atoms with Gasteiger partial charge >= 0.3 is 0 Å². The lowest BCUT2D eigenvalue weighted by molar-refractivity contribution is -0.156. The zero-order valence-electron chi connectivity index (χ0n) is 18.9. The van der Waals surface area contributed by atoms with E-state index in [4.69, 9.17) is 4.74 Å². The number of amides is 3. The van der Waals surface area contributed by atoms with Crippen molar-refractivity contribution in [3.8, 4) is 0 Å². The van der Waals surface area contributed by atoms with Crippen molar-refractivity contribution in [1.29, 1.82) is 0 Å². The van der Waals surface area contributed by atoms with Crippen LogP contribution in [-0.2, 0) is 19.1 Å². The second-order valence-corrected chi connectivity index (χ2v) is 9.36. The molecule has 8 heteroatoms. The summed E-state index contributed by atoms with van der Waals surface area (Å²) in [5.74, 6) is 0.715. The molecule has 2 N–H and O–H groups in total. The lowest BCUT2D eigenvalue weighted by atomic mass is 9.83. The third kappa shape index (κ3) is 4.05. The summed E-state index contributed by atoms with van der Waals surface area (Å²) in [6.45, 7) is 11.0. The van der Waals surface area contributed by atoms with Crippen molar-refractivity contribution in [2.45, 2.75) is 90.4 Å². The van der Waals surface area contributed by atoms with Crippen molar-refractivity contribution in [3.05, 3.63) is 0 Å². The number of rotatable bonds is 7. The number of ether oxygens (including phenoxy) is 1. The molecule has 3 amide bonds. The highest BCUT2D eigenvalue weighted by Gasteiger charge is 2.54. The number of carbonyl (C=O) groups is 3. The summed E-state index contributed by atoms with van der Waals surface area (Å²) in [5, 5.41) is 5.99. The van der Waals surface area contributed by atoms with Gasteiger partial charge < -0.3 is 20.3 Å². The van der Waals surface area contributed by atoms with E-state index in [-0.39, 0.29) is 35.6 Å². The van der Waals surface area contributed by atoms with E-state index in [1.807, 2.05) is 34.6 Å². The Bertz CT molecular complexity index is 720. The standard InChI is InChI=1S/C22H36N4O4/c1-6-30-19-16(13(2)3)24-18(27)15(23-19)9-7-10-22-11-8-12-26(22)20(28)17(14(4)5)25-21(22)29/h13-17H,6-12H2,1-5H3,(H,24,27)(H,25,29). The molecule has 0 aliphatic carbocycles. The molecule has 2 fully saturated rings. The van der Waals surface area contributed by atoms with Crippen LogP contribution in [0.4, 0.5) is 0 Å². The van der Waals surface area contributed by atoms with Crippen LogP contribution in [0.25, 0.3) is 0 Å². The second-order valence-electron chi connectivity index (χ2n) is 9.36. The minimum absolute atomic E-state index is 0.0222. The van der Waals surface area contributed by atoms with Crippen LogP contribution in [0, 0.1) is 11.8 Å². The number of carbonyl (C=O) groups excluding carboxylic acids is 3. The molecule has 8 nitrogen and oxygen atoms in total. The van der Waals surface area contributed by atoms with Crippen LogP contribution in [0.2, 0.25) is 0 Å². The highest BCUT2D eigenvalue weighted by molar-refractivity contribution is 6.00. The van der Waals surface area contributed by atoms with E-state index in [9.17, 15) is 14.4 Å². The summed E-state index contributed by atoms with van der Waals surface area (Å²) >= 11 is 0. The van der Waals surface area contributed by atoms with Gasteiger partial charge in [0.05, 0.1) is 6.61 Å². The topological polar surface area (TPSA) is 100 Å². The average molecular weight is 421 g/mol. The number of aliphatic imine (C=N–C) groups is 1. The molecule has 3 rings (SSSR count). The maximum atomic E-state index is 13.0. The lowest BCUT2D eigenvalue weighted by Gasteiger charge is -2.45. The molecule has 2 saturated heterocycles. The monoisotopic (exact) mass is 420 g/mol. The fraction of sp³-hybridized carbons (Fsp3) is 0.818. The van der Waals surface area contributed by atoms with Gasteiger partial charge in [0.2, 0.25) is 23.6 Å². The number of nitrogens with zero attached hydrogens (tertiary/aromatic N) is 2. The van der Waals surface area contributed by atoms with Gasteiger partial charge in [0.25, 0.3) is 0 Å². The zero-order valence-corrected chi connectivity index (χ0v) is 18.9. The predicted molar refractivity (Wildman–Crippen MR) is 114 cm³/mol. The minimum Gasteiger partial charge on any atom is -0.480 e. The smallest absolute Gasteiger partial charge is 0.246 e. The Morgan fingerprint density at radius 3 is 2.47 bits per heavy atom. The Morgan fingerprint density at radius 2 is 1.83 bits per heavy atom. The molecule has 4 atom stereocenters. The number of fused-ring (bicyclic) bond motifs is 1. The number of nitrogens with one attached hydrogen (secondary N) is 2. The number of hydrogen-bond acceptors (Lipinski definition) is 5. The molecule has 0 bridgehead atoms. The first-order valence-corrected chi connectivity index (χ1v) is 11.3. The molecule has 0 aromatic heterocycles. The first-order chi connectivity index (χ1) is 14.2. The van der Waals surface area contributed by atoms with Gasteiger partial charge in [-0.25, -0.2) is 4.99 Å². The van der Waals surface area contributed by atoms with E-state index in [1.165, 1.54) is 0 Å². The van der Waals surface area contributed by atoms with Crippen molar-refractivity contribution >= 4 is 23.6 Å². The van der Waals surface area contributed by atoms with Crippen molar-refractivity contribution in [2.75, 3.05) is 13.2 Å². The maximum absolute atomic E-state index is 13.0. The summed E-state index contributed by atoms with van der Waals surface area (Å²) in [7, 11) is 0. The lowest BCUT2D eigenvalue weighted by Crippen LogP contribution is -2.69. The first kappa shape index (κ1) is 22.6. The summed E-state index contributed by atoms with van der Waals surface area (Å²) in [5.41, 5.74) is -0.777. The zero-order chi connectivity index (χ0) is 22.1. The second kappa shape index (κ2) is 8.94. The summed E-state index contributed by atoms with van der Waals surface area (Å²) in [6.07, 6.45) is 3.22. The van der Waals surface area contributed by atoms with E-state index >= 15 is 0 Å². The van der Waals surface area contributed by atoms with Gasteiger partial charge in [0.15, 0.2) is 0 Å². The normalized spacial score (nSPS) is 31.6. The third-order valence-corrected chi connectivity index (χ3v) is 6.57. The van der Waals surface area contributed by atoms with Crippen molar-refractivity contribution in [3.63, 3.8) is 0 Å². The third-order valence-electron chi connectivity index (χ3n) is 6.57. The fourth-order valence-corrected chi connectivity index (χ4v) is 4.88. The van der Waals surface area contributed by atoms with E-state index in [0.717, 1.165) is 6.42 Å². The largest absolute Gasteiger partial charge is 0.480 e. The van der Waals surface area contributed by atoms with Gasteiger partial charge in [-0.1, -0.05) is 27.7 Å². The summed E-state index contributed by atoms with van der Waals surface area (Å²) in [4.78, 5) is 44.9. The molecule has 4 unspecified atom stereocenters. The van der Waals surface area contributed by atoms with Crippen LogP contribution in [0.1, 0.15) is 66.7 Å². The van der Waals surface area contributed by atoms with Gasteiger partial charge in [-0.3, -0.25) is 14.4 Å². The van der Waals surface area contributed by atoms with Gasteiger partial charge in [-0.05, 0) is 50.9 Å². The Balaban J connectivity index is 1.68. The number of hydrogen-bond donors (Lipinski definition) is 2. The molecule has 3 aliphatic rings. The van der Waals surface area contributed by atoms with Crippen molar-refractivity contribution < 1.29 is 19.1 Å². The van der Waals surface area contributed by atoms with Crippen molar-refractivity contribution in [2.24, 2.45) is 16.8 Å². The SMILES string of the molecule is CCOC1=NC(CCCC23CCCN2C(=O)C(C(C)C)NC3=O)C(=O)NC1C(C)C. The molecule has 3 heterocycles. The quantitative estimate of drug-likeness (QED) is 0.654.